The van der Waals surface area contributed by atoms with Gasteiger partial charge in [0.25, 0.3) is 0 Å². The van der Waals surface area contributed by atoms with Crippen molar-refractivity contribution in [2.24, 2.45) is 29.6 Å². The van der Waals surface area contributed by atoms with Gasteiger partial charge >= 0.3 is 17.9 Å². The van der Waals surface area contributed by atoms with Gasteiger partial charge in [0.05, 0.1) is 17.8 Å². The fourth-order valence-corrected chi connectivity index (χ4v) is 3.34. The molecule has 5 atom stereocenters. The zero-order valence-electron chi connectivity index (χ0n) is 8.37. The largest absolute Gasteiger partial charge is 0.481 e. The summed E-state index contributed by atoms with van der Waals surface area (Å²) in [4.78, 5) is 32.9. The summed E-state index contributed by atoms with van der Waals surface area (Å²) in [5, 5.41) is 26.9. The predicted molar refractivity (Wildman–Crippen MR) is 49.6 cm³/mol. The minimum atomic E-state index is -1.19. The van der Waals surface area contributed by atoms with Gasteiger partial charge in [-0.1, -0.05) is 0 Å². The molecule has 6 heteroatoms. The van der Waals surface area contributed by atoms with Crippen LogP contribution in [-0.2, 0) is 14.4 Å². The van der Waals surface area contributed by atoms with Crippen LogP contribution in [0.25, 0.3) is 0 Å². The van der Waals surface area contributed by atoms with Crippen LogP contribution < -0.4 is 0 Å². The lowest BCUT2D eigenvalue weighted by atomic mass is 9.74. The molecule has 0 amide bonds. The summed E-state index contributed by atoms with van der Waals surface area (Å²) in [7, 11) is 0. The Hall–Kier alpha value is -1.59. The highest BCUT2D eigenvalue weighted by molar-refractivity contribution is 5.83. The van der Waals surface area contributed by atoms with E-state index in [0.29, 0.717) is 12.8 Å². The average Bonchev–Trinajstić information content (AvgIpc) is 2.72. The van der Waals surface area contributed by atoms with E-state index in [9.17, 15) is 14.4 Å². The summed E-state index contributed by atoms with van der Waals surface area (Å²) in [6, 6.07) is 0. The molecule has 6 nitrogen and oxygen atoms in total. The monoisotopic (exact) mass is 228 g/mol. The molecule has 0 spiro atoms. The van der Waals surface area contributed by atoms with Gasteiger partial charge in [0, 0.05) is 0 Å². The Bertz CT molecular complexity index is 362. The molecule has 0 saturated heterocycles. The maximum atomic E-state index is 11.0. The summed E-state index contributed by atoms with van der Waals surface area (Å²) in [6.07, 6.45) is 0.700. The number of hydrogen-bond donors (Lipinski definition) is 3. The first-order valence-electron chi connectivity index (χ1n) is 5.12. The minimum Gasteiger partial charge on any atom is -0.481 e. The number of aliphatic carboxylic acids is 3. The molecule has 3 N–H and O–H groups in total. The van der Waals surface area contributed by atoms with E-state index in [4.69, 9.17) is 15.3 Å². The van der Waals surface area contributed by atoms with Crippen molar-refractivity contribution in [1.29, 1.82) is 0 Å². The molecule has 0 aliphatic heterocycles. The Balaban J connectivity index is 2.29. The number of rotatable bonds is 3. The topological polar surface area (TPSA) is 112 Å². The van der Waals surface area contributed by atoms with E-state index in [0.717, 1.165) is 0 Å². The summed E-state index contributed by atoms with van der Waals surface area (Å²) < 4.78 is 0. The minimum absolute atomic E-state index is 0.292. The van der Waals surface area contributed by atoms with Crippen LogP contribution in [0.5, 0.6) is 0 Å². The second kappa shape index (κ2) is 3.47. The summed E-state index contributed by atoms with van der Waals surface area (Å²) in [5.74, 6) is -6.81. The first-order valence-corrected chi connectivity index (χ1v) is 5.12. The van der Waals surface area contributed by atoms with Crippen molar-refractivity contribution in [2.45, 2.75) is 12.8 Å². The van der Waals surface area contributed by atoms with Crippen molar-refractivity contribution in [3.63, 3.8) is 0 Å². The Morgan fingerprint density at radius 1 is 0.812 bits per heavy atom. The third-order valence-electron chi connectivity index (χ3n) is 3.89. The maximum absolute atomic E-state index is 11.0. The highest BCUT2D eigenvalue weighted by atomic mass is 16.4. The van der Waals surface area contributed by atoms with Crippen LogP contribution in [-0.4, -0.2) is 33.2 Å². The molecule has 0 radical (unpaired) electrons. The molecule has 2 aliphatic carbocycles. The molecule has 0 aromatic rings. The molecule has 2 rings (SSSR count). The maximum Gasteiger partial charge on any atom is 0.307 e. The van der Waals surface area contributed by atoms with Gasteiger partial charge in [-0.2, -0.15) is 0 Å². The third-order valence-corrected chi connectivity index (χ3v) is 3.89. The molecule has 2 bridgehead atoms. The van der Waals surface area contributed by atoms with Crippen molar-refractivity contribution in [3.05, 3.63) is 0 Å². The fourth-order valence-electron chi connectivity index (χ4n) is 3.34. The molecule has 2 saturated carbocycles. The van der Waals surface area contributed by atoms with Crippen molar-refractivity contribution in [3.8, 4) is 0 Å². The highest BCUT2D eigenvalue weighted by Crippen LogP contribution is 2.55. The molecule has 2 unspecified atom stereocenters. The van der Waals surface area contributed by atoms with Crippen LogP contribution in [0.2, 0.25) is 0 Å². The van der Waals surface area contributed by atoms with Gasteiger partial charge in [-0.05, 0) is 24.7 Å². The summed E-state index contributed by atoms with van der Waals surface area (Å²) in [5.41, 5.74) is 0. The normalized spacial score (nSPS) is 40.9. The number of fused-ring (bicyclic) bond motifs is 2. The molecule has 2 aliphatic rings. The van der Waals surface area contributed by atoms with Crippen LogP contribution >= 0.6 is 0 Å². The summed E-state index contributed by atoms with van der Waals surface area (Å²) >= 11 is 0. The van der Waals surface area contributed by atoms with Gasteiger partial charge in [-0.3, -0.25) is 14.4 Å². The van der Waals surface area contributed by atoms with E-state index in [-0.39, 0.29) is 5.92 Å². The molecule has 16 heavy (non-hydrogen) atoms. The SMILES string of the molecule is O=C(O)[C@@H]1C2CC(C[C@H]2C(=O)O)[C@@H]1C(=O)O. The molecular formula is C10H12O6. The predicted octanol–water partition coefficient (Wildman–Crippen LogP) is 0.129. The second-order valence-corrected chi connectivity index (χ2v) is 4.57. The molecule has 0 aromatic heterocycles. The first-order chi connectivity index (χ1) is 7.43. The number of carbonyl (C=O) groups is 3. The quantitative estimate of drug-likeness (QED) is 0.632. The van der Waals surface area contributed by atoms with Crippen molar-refractivity contribution >= 4 is 17.9 Å². The lowest BCUT2D eigenvalue weighted by Crippen LogP contribution is -2.40. The molecule has 2 fully saturated rings. The zero-order chi connectivity index (χ0) is 12.0. The smallest absolute Gasteiger partial charge is 0.307 e. The van der Waals surface area contributed by atoms with Crippen molar-refractivity contribution < 1.29 is 29.7 Å². The first kappa shape index (κ1) is 10.9. The lowest BCUT2D eigenvalue weighted by Gasteiger charge is -2.28. The molecule has 0 heterocycles. The van der Waals surface area contributed by atoms with Gasteiger partial charge in [-0.15, -0.1) is 0 Å². The van der Waals surface area contributed by atoms with Gasteiger partial charge < -0.3 is 15.3 Å². The van der Waals surface area contributed by atoms with Gasteiger partial charge in [0.2, 0.25) is 0 Å². The fraction of sp³-hybridized carbons (Fsp3) is 0.700. The van der Waals surface area contributed by atoms with Crippen LogP contribution in [0.3, 0.4) is 0 Å². The van der Waals surface area contributed by atoms with E-state index in [1.165, 1.54) is 0 Å². The molecule has 0 aromatic carbocycles. The number of carboxylic acid groups (broad SMARTS) is 3. The van der Waals surface area contributed by atoms with Crippen LogP contribution in [0.15, 0.2) is 0 Å². The van der Waals surface area contributed by atoms with E-state index < -0.39 is 41.6 Å². The van der Waals surface area contributed by atoms with E-state index in [2.05, 4.69) is 0 Å². The van der Waals surface area contributed by atoms with E-state index >= 15 is 0 Å². The lowest BCUT2D eigenvalue weighted by molar-refractivity contribution is -0.160. The second-order valence-electron chi connectivity index (χ2n) is 4.57. The van der Waals surface area contributed by atoms with Gasteiger partial charge in [0.1, 0.15) is 0 Å². The Morgan fingerprint density at radius 3 is 1.81 bits per heavy atom. The zero-order valence-corrected chi connectivity index (χ0v) is 8.37. The van der Waals surface area contributed by atoms with Gasteiger partial charge in [0.15, 0.2) is 0 Å². The van der Waals surface area contributed by atoms with Crippen molar-refractivity contribution in [2.75, 3.05) is 0 Å². The summed E-state index contributed by atoms with van der Waals surface area (Å²) in [6.45, 7) is 0. The Kier molecular flexibility index (Phi) is 2.36. The van der Waals surface area contributed by atoms with Gasteiger partial charge in [-0.25, -0.2) is 0 Å². The van der Waals surface area contributed by atoms with Crippen molar-refractivity contribution in [1.82, 2.24) is 0 Å². The Morgan fingerprint density at radius 2 is 1.38 bits per heavy atom. The number of carboxylic acids is 3. The van der Waals surface area contributed by atoms with Crippen LogP contribution in [0.4, 0.5) is 0 Å². The Labute approximate surface area is 90.9 Å². The molecular weight excluding hydrogens is 216 g/mol. The standard InChI is InChI=1S/C10H12O6/c11-8(12)5-2-3-1-4(5)7(10(15)16)6(3)9(13)14/h3-7H,1-2H2,(H,11,12)(H,13,14)(H,15,16)/t3?,4?,5-,6+,7-/m1/s1. The number of hydrogen-bond acceptors (Lipinski definition) is 3. The van der Waals surface area contributed by atoms with E-state index in [1.807, 2.05) is 0 Å². The average molecular weight is 228 g/mol. The highest BCUT2D eigenvalue weighted by Gasteiger charge is 2.60. The molecule has 88 valence electrons. The van der Waals surface area contributed by atoms with Crippen LogP contribution in [0.1, 0.15) is 12.8 Å². The van der Waals surface area contributed by atoms with E-state index in [1.54, 1.807) is 0 Å². The van der Waals surface area contributed by atoms with Crippen LogP contribution in [0, 0.1) is 29.6 Å². The third kappa shape index (κ3) is 1.36.